The molecule has 98 valence electrons. The lowest BCUT2D eigenvalue weighted by molar-refractivity contribution is -0.119. The van der Waals surface area contributed by atoms with Crippen molar-refractivity contribution in [3.8, 4) is 11.5 Å². The van der Waals surface area contributed by atoms with Gasteiger partial charge in [-0.05, 0) is 18.2 Å². The average molecular weight is 250 g/mol. The second kappa shape index (κ2) is 5.73. The lowest BCUT2D eigenvalue weighted by atomic mass is 10.00. The Bertz CT molecular complexity index is 434. The van der Waals surface area contributed by atoms with E-state index in [2.05, 4.69) is 10.6 Å². The first-order chi connectivity index (χ1) is 8.74. The van der Waals surface area contributed by atoms with Gasteiger partial charge in [-0.25, -0.2) is 0 Å². The second-order valence-electron chi connectivity index (χ2n) is 4.15. The number of carbonyl (C=O) groups excluding carboxylic acids is 1. The fourth-order valence-electron chi connectivity index (χ4n) is 2.02. The van der Waals surface area contributed by atoms with Crippen molar-refractivity contribution in [2.45, 2.75) is 12.5 Å². The van der Waals surface area contributed by atoms with E-state index < -0.39 is 0 Å². The highest BCUT2D eigenvalue weighted by molar-refractivity contribution is 5.77. The van der Waals surface area contributed by atoms with Crippen molar-refractivity contribution in [1.82, 2.24) is 10.6 Å². The van der Waals surface area contributed by atoms with E-state index in [9.17, 15) is 4.79 Å². The van der Waals surface area contributed by atoms with Crippen LogP contribution in [0.4, 0.5) is 0 Å². The Labute approximate surface area is 106 Å². The largest absolute Gasteiger partial charge is 0.497 e. The number of benzene rings is 1. The minimum Gasteiger partial charge on any atom is -0.497 e. The maximum Gasteiger partial charge on any atom is 0.233 e. The molecule has 1 aromatic rings. The number of methoxy groups -OCH3 is 1. The zero-order valence-electron chi connectivity index (χ0n) is 10.7. The van der Waals surface area contributed by atoms with Gasteiger partial charge in [-0.3, -0.25) is 4.79 Å². The molecule has 1 heterocycles. The monoisotopic (exact) mass is 250 g/mol. The van der Waals surface area contributed by atoms with Crippen LogP contribution in [0.15, 0.2) is 18.2 Å². The zero-order chi connectivity index (χ0) is 13.0. The van der Waals surface area contributed by atoms with Gasteiger partial charge in [-0.1, -0.05) is 0 Å². The van der Waals surface area contributed by atoms with E-state index in [0.29, 0.717) is 13.2 Å². The van der Waals surface area contributed by atoms with Crippen LogP contribution < -0.4 is 20.1 Å². The van der Waals surface area contributed by atoms with Crippen molar-refractivity contribution in [3.05, 3.63) is 23.8 Å². The van der Waals surface area contributed by atoms with E-state index in [1.807, 2.05) is 18.2 Å². The molecule has 5 heteroatoms. The van der Waals surface area contributed by atoms with E-state index in [0.717, 1.165) is 23.5 Å². The van der Waals surface area contributed by atoms with E-state index in [1.54, 1.807) is 14.2 Å². The maximum absolute atomic E-state index is 11.3. The number of hydrogen-bond acceptors (Lipinski definition) is 4. The summed E-state index contributed by atoms with van der Waals surface area (Å²) < 4.78 is 10.8. The summed E-state index contributed by atoms with van der Waals surface area (Å²) in [5.74, 6) is 1.63. The number of ether oxygens (including phenoxy) is 2. The van der Waals surface area contributed by atoms with E-state index in [1.165, 1.54) is 0 Å². The molecule has 0 radical (unpaired) electrons. The molecule has 1 aliphatic rings. The second-order valence-corrected chi connectivity index (χ2v) is 4.15. The predicted molar refractivity (Wildman–Crippen MR) is 67.9 cm³/mol. The molecule has 1 aromatic carbocycles. The Kier molecular flexibility index (Phi) is 4.04. The van der Waals surface area contributed by atoms with Crippen molar-refractivity contribution in [3.63, 3.8) is 0 Å². The number of likely N-dealkylation sites (N-methyl/N-ethyl adjacent to an activating group) is 1. The lowest BCUT2D eigenvalue weighted by Crippen LogP contribution is -2.35. The molecule has 0 spiro atoms. The number of rotatable bonds is 4. The number of nitrogens with one attached hydrogen (secondary N) is 2. The molecule has 0 aliphatic carbocycles. The first-order valence-electron chi connectivity index (χ1n) is 5.99. The van der Waals surface area contributed by atoms with Crippen molar-refractivity contribution in [2.75, 3.05) is 27.3 Å². The van der Waals surface area contributed by atoms with Gasteiger partial charge in [-0.15, -0.1) is 0 Å². The van der Waals surface area contributed by atoms with Gasteiger partial charge in [-0.2, -0.15) is 0 Å². The fourth-order valence-corrected chi connectivity index (χ4v) is 2.02. The molecule has 0 fully saturated rings. The summed E-state index contributed by atoms with van der Waals surface area (Å²) in [6.07, 6.45) is 0.844. The van der Waals surface area contributed by atoms with Gasteiger partial charge in [0.15, 0.2) is 0 Å². The molecule has 0 bridgehead atoms. The summed E-state index contributed by atoms with van der Waals surface area (Å²) in [6, 6.07) is 5.86. The number of carbonyl (C=O) groups is 1. The average Bonchev–Trinajstić information content (AvgIpc) is 2.43. The van der Waals surface area contributed by atoms with Crippen LogP contribution in [0, 0.1) is 0 Å². The Morgan fingerprint density at radius 3 is 3.11 bits per heavy atom. The highest BCUT2D eigenvalue weighted by atomic mass is 16.5. The first-order valence-corrected chi connectivity index (χ1v) is 5.99. The molecule has 0 saturated heterocycles. The Balaban J connectivity index is 2.13. The first kappa shape index (κ1) is 12.7. The quantitative estimate of drug-likeness (QED) is 0.832. The third-order valence-electron chi connectivity index (χ3n) is 3.04. The molecule has 1 aliphatic heterocycles. The molecule has 1 amide bonds. The summed E-state index contributed by atoms with van der Waals surface area (Å²) in [4.78, 5) is 11.3. The van der Waals surface area contributed by atoms with Gasteiger partial charge in [0.25, 0.3) is 0 Å². The molecule has 0 saturated carbocycles. The smallest absolute Gasteiger partial charge is 0.233 e. The van der Waals surface area contributed by atoms with Gasteiger partial charge in [0.2, 0.25) is 5.91 Å². The molecule has 18 heavy (non-hydrogen) atoms. The minimum absolute atomic E-state index is 0.0223. The highest BCUT2D eigenvalue weighted by Crippen LogP contribution is 2.34. The molecule has 5 nitrogen and oxygen atoms in total. The van der Waals surface area contributed by atoms with Crippen LogP contribution >= 0.6 is 0 Å². The van der Waals surface area contributed by atoms with Gasteiger partial charge in [0, 0.05) is 25.1 Å². The summed E-state index contributed by atoms with van der Waals surface area (Å²) in [7, 11) is 3.27. The predicted octanol–water partition coefficient (Wildman–Crippen LogP) is 0.854. The summed E-state index contributed by atoms with van der Waals surface area (Å²) in [6.45, 7) is 0.961. The number of amides is 1. The van der Waals surface area contributed by atoms with Crippen LogP contribution in [0.1, 0.15) is 18.0 Å². The highest BCUT2D eigenvalue weighted by Gasteiger charge is 2.22. The summed E-state index contributed by atoms with van der Waals surface area (Å²) in [5.41, 5.74) is 1.05. The van der Waals surface area contributed by atoms with Gasteiger partial charge >= 0.3 is 0 Å². The Hall–Kier alpha value is -1.75. The van der Waals surface area contributed by atoms with Gasteiger partial charge in [0.1, 0.15) is 11.5 Å². The summed E-state index contributed by atoms with van der Waals surface area (Å²) >= 11 is 0. The normalized spacial score (nSPS) is 17.6. The van der Waals surface area contributed by atoms with Crippen LogP contribution in [0.5, 0.6) is 11.5 Å². The standard InChI is InChI=1S/C13H18N2O3/c1-14-13(16)8-15-11-5-6-18-12-4-3-9(17-2)7-10(11)12/h3-4,7,11,15H,5-6,8H2,1-2H3,(H,14,16). The van der Waals surface area contributed by atoms with Crippen molar-refractivity contribution >= 4 is 5.91 Å². The van der Waals surface area contributed by atoms with E-state index in [-0.39, 0.29) is 11.9 Å². The summed E-state index contributed by atoms with van der Waals surface area (Å²) in [5, 5.41) is 5.83. The molecule has 2 N–H and O–H groups in total. The van der Waals surface area contributed by atoms with E-state index in [4.69, 9.17) is 9.47 Å². The molecular weight excluding hydrogens is 232 g/mol. The molecule has 1 atom stereocenters. The van der Waals surface area contributed by atoms with Crippen molar-refractivity contribution in [2.24, 2.45) is 0 Å². The van der Waals surface area contributed by atoms with Crippen LogP contribution in [-0.2, 0) is 4.79 Å². The molecule has 2 rings (SSSR count). The van der Waals surface area contributed by atoms with Crippen LogP contribution in [-0.4, -0.2) is 33.2 Å². The Morgan fingerprint density at radius 1 is 1.56 bits per heavy atom. The van der Waals surface area contributed by atoms with Crippen LogP contribution in [0.3, 0.4) is 0 Å². The lowest BCUT2D eigenvalue weighted by Gasteiger charge is -2.27. The van der Waals surface area contributed by atoms with Crippen molar-refractivity contribution in [1.29, 1.82) is 0 Å². The third kappa shape index (κ3) is 2.73. The third-order valence-corrected chi connectivity index (χ3v) is 3.04. The molecule has 0 aromatic heterocycles. The van der Waals surface area contributed by atoms with Crippen LogP contribution in [0.25, 0.3) is 0 Å². The van der Waals surface area contributed by atoms with Gasteiger partial charge < -0.3 is 20.1 Å². The number of fused-ring (bicyclic) bond motifs is 1. The Morgan fingerprint density at radius 2 is 2.39 bits per heavy atom. The zero-order valence-corrected chi connectivity index (χ0v) is 10.7. The van der Waals surface area contributed by atoms with Crippen molar-refractivity contribution < 1.29 is 14.3 Å². The topological polar surface area (TPSA) is 59.6 Å². The van der Waals surface area contributed by atoms with Crippen LogP contribution in [0.2, 0.25) is 0 Å². The van der Waals surface area contributed by atoms with Gasteiger partial charge in [0.05, 0.1) is 20.3 Å². The maximum atomic E-state index is 11.3. The fraction of sp³-hybridized carbons (Fsp3) is 0.462. The number of hydrogen-bond donors (Lipinski definition) is 2. The minimum atomic E-state index is -0.0223. The molecular formula is C13H18N2O3. The van der Waals surface area contributed by atoms with E-state index >= 15 is 0 Å². The SMILES string of the molecule is CNC(=O)CNC1CCOc2ccc(OC)cc21. The molecule has 1 unspecified atom stereocenters.